The van der Waals surface area contributed by atoms with Crippen molar-refractivity contribution in [3.8, 4) is 0 Å². The summed E-state index contributed by atoms with van der Waals surface area (Å²) in [6, 6.07) is 6.45. The van der Waals surface area contributed by atoms with E-state index in [0.717, 1.165) is 44.2 Å². The van der Waals surface area contributed by atoms with Crippen LogP contribution in [0.3, 0.4) is 0 Å². The average Bonchev–Trinajstić information content (AvgIpc) is 2.81. The van der Waals surface area contributed by atoms with Crippen LogP contribution in [0.15, 0.2) is 18.2 Å². The lowest BCUT2D eigenvalue weighted by molar-refractivity contribution is -0.129. The molecule has 1 atom stereocenters. The molecular weight excluding hydrogens is 240 g/mol. The number of anilines is 2. The molecule has 0 saturated carbocycles. The molecule has 0 aliphatic carbocycles. The highest BCUT2D eigenvalue weighted by Crippen LogP contribution is 2.25. The van der Waals surface area contributed by atoms with E-state index in [4.69, 9.17) is 0 Å². The molecule has 2 aliphatic rings. The first-order valence-electron chi connectivity index (χ1n) is 7.03. The molecule has 0 radical (unpaired) electrons. The Hall–Kier alpha value is -1.78. The Balaban J connectivity index is 1.73. The molecular formula is C14H20N4O. The monoisotopic (exact) mass is 260 g/mol. The Labute approximate surface area is 113 Å². The molecule has 3 rings (SSSR count). The van der Waals surface area contributed by atoms with Crippen molar-refractivity contribution in [1.29, 1.82) is 0 Å². The Kier molecular flexibility index (Phi) is 3.27. The summed E-state index contributed by atoms with van der Waals surface area (Å²) in [5.74, 6) is 2.25. The number of carbonyl (C=O) groups is 1. The number of hydrogen-bond donors (Lipinski definition) is 1. The quantitative estimate of drug-likeness (QED) is 0.890. The molecule has 0 bridgehead atoms. The van der Waals surface area contributed by atoms with Crippen molar-refractivity contribution < 1.29 is 4.79 Å². The fourth-order valence-electron chi connectivity index (χ4n) is 2.95. The molecule has 0 aromatic carbocycles. The van der Waals surface area contributed by atoms with Crippen LogP contribution in [0.5, 0.6) is 0 Å². The molecule has 2 fully saturated rings. The van der Waals surface area contributed by atoms with Gasteiger partial charge in [-0.2, -0.15) is 0 Å². The summed E-state index contributed by atoms with van der Waals surface area (Å²) in [6.45, 7) is 5.56. The summed E-state index contributed by atoms with van der Waals surface area (Å²) in [5.41, 5.74) is 0. The molecule has 2 aliphatic heterocycles. The smallest absolute Gasteiger partial charge is 0.223 e. The molecule has 102 valence electrons. The van der Waals surface area contributed by atoms with Gasteiger partial charge in [0.1, 0.15) is 11.6 Å². The van der Waals surface area contributed by atoms with Gasteiger partial charge in [-0.05, 0) is 25.5 Å². The van der Waals surface area contributed by atoms with Gasteiger partial charge < -0.3 is 15.1 Å². The highest BCUT2D eigenvalue weighted by molar-refractivity contribution is 5.79. The van der Waals surface area contributed by atoms with Crippen molar-refractivity contribution in [3.05, 3.63) is 18.2 Å². The van der Waals surface area contributed by atoms with Gasteiger partial charge in [0.15, 0.2) is 0 Å². The van der Waals surface area contributed by atoms with Crippen molar-refractivity contribution in [1.82, 2.24) is 9.88 Å². The first-order chi connectivity index (χ1) is 9.28. The van der Waals surface area contributed by atoms with Crippen LogP contribution in [0.25, 0.3) is 0 Å². The van der Waals surface area contributed by atoms with Crippen molar-refractivity contribution in [2.24, 2.45) is 0 Å². The molecule has 1 unspecified atom stereocenters. The molecule has 19 heavy (non-hydrogen) atoms. The number of carbonyl (C=O) groups excluding carboxylic acids is 1. The molecule has 1 aromatic heterocycles. The van der Waals surface area contributed by atoms with Crippen LogP contribution in [0.4, 0.5) is 11.6 Å². The molecule has 2 saturated heterocycles. The van der Waals surface area contributed by atoms with Crippen molar-refractivity contribution >= 4 is 17.5 Å². The maximum Gasteiger partial charge on any atom is 0.223 e. The third-order valence-corrected chi connectivity index (χ3v) is 3.91. The lowest BCUT2D eigenvalue weighted by Gasteiger charge is -2.38. The number of hydrogen-bond acceptors (Lipinski definition) is 4. The predicted molar refractivity (Wildman–Crippen MR) is 75.3 cm³/mol. The van der Waals surface area contributed by atoms with Crippen LogP contribution in [-0.2, 0) is 4.79 Å². The molecule has 0 spiro atoms. The number of aromatic nitrogens is 1. The number of fused-ring (bicyclic) bond motifs is 1. The zero-order valence-corrected chi connectivity index (χ0v) is 11.3. The Morgan fingerprint density at radius 1 is 1.42 bits per heavy atom. The third-order valence-electron chi connectivity index (χ3n) is 3.91. The number of amides is 1. The third kappa shape index (κ3) is 2.37. The van der Waals surface area contributed by atoms with Gasteiger partial charge in [-0.3, -0.25) is 4.79 Å². The molecule has 5 nitrogen and oxygen atoms in total. The molecule has 1 amide bonds. The van der Waals surface area contributed by atoms with Gasteiger partial charge in [0.25, 0.3) is 0 Å². The minimum atomic E-state index is 0.319. The number of piperazine rings is 1. The van der Waals surface area contributed by atoms with E-state index in [0.29, 0.717) is 18.4 Å². The van der Waals surface area contributed by atoms with Gasteiger partial charge in [0.05, 0.1) is 0 Å². The second kappa shape index (κ2) is 5.07. The molecule has 1 N–H and O–H groups in total. The molecule has 3 heterocycles. The number of pyridine rings is 1. The van der Waals surface area contributed by atoms with E-state index in [1.807, 2.05) is 23.1 Å². The topological polar surface area (TPSA) is 48.5 Å². The lowest BCUT2D eigenvalue weighted by Crippen LogP contribution is -2.51. The van der Waals surface area contributed by atoms with Crippen LogP contribution < -0.4 is 10.2 Å². The minimum Gasteiger partial charge on any atom is -0.370 e. The Morgan fingerprint density at radius 2 is 2.32 bits per heavy atom. The normalized spacial score (nSPS) is 22.6. The fourth-order valence-corrected chi connectivity index (χ4v) is 2.95. The van der Waals surface area contributed by atoms with E-state index < -0.39 is 0 Å². The van der Waals surface area contributed by atoms with Gasteiger partial charge in [-0.25, -0.2) is 4.98 Å². The maximum atomic E-state index is 11.7. The zero-order chi connectivity index (χ0) is 13.2. The van der Waals surface area contributed by atoms with Crippen LogP contribution in [-0.4, -0.2) is 48.0 Å². The lowest BCUT2D eigenvalue weighted by atomic mass is 10.1. The highest BCUT2D eigenvalue weighted by atomic mass is 16.2. The van der Waals surface area contributed by atoms with E-state index in [9.17, 15) is 4.79 Å². The van der Waals surface area contributed by atoms with E-state index in [1.54, 1.807) is 0 Å². The van der Waals surface area contributed by atoms with Crippen molar-refractivity contribution in [2.45, 2.75) is 25.8 Å². The van der Waals surface area contributed by atoms with Gasteiger partial charge >= 0.3 is 0 Å². The van der Waals surface area contributed by atoms with Gasteiger partial charge in [-0.15, -0.1) is 0 Å². The summed E-state index contributed by atoms with van der Waals surface area (Å²) in [7, 11) is 0. The molecule has 1 aromatic rings. The Morgan fingerprint density at radius 3 is 3.16 bits per heavy atom. The summed E-state index contributed by atoms with van der Waals surface area (Å²) in [4.78, 5) is 20.6. The second-order valence-electron chi connectivity index (χ2n) is 5.14. The van der Waals surface area contributed by atoms with Crippen LogP contribution in [0.1, 0.15) is 19.8 Å². The first kappa shape index (κ1) is 12.3. The van der Waals surface area contributed by atoms with Crippen LogP contribution in [0.2, 0.25) is 0 Å². The molecule has 5 heteroatoms. The zero-order valence-electron chi connectivity index (χ0n) is 11.3. The van der Waals surface area contributed by atoms with Crippen LogP contribution >= 0.6 is 0 Å². The summed E-state index contributed by atoms with van der Waals surface area (Å²) in [6.07, 6.45) is 1.70. The highest BCUT2D eigenvalue weighted by Gasteiger charge is 2.35. The first-order valence-corrected chi connectivity index (χ1v) is 7.03. The number of rotatable bonds is 3. The van der Waals surface area contributed by atoms with Crippen LogP contribution in [0, 0.1) is 0 Å². The summed E-state index contributed by atoms with van der Waals surface area (Å²) in [5, 5.41) is 3.24. The average molecular weight is 260 g/mol. The fraction of sp³-hybridized carbons (Fsp3) is 0.571. The van der Waals surface area contributed by atoms with Gasteiger partial charge in [0, 0.05) is 38.6 Å². The van der Waals surface area contributed by atoms with E-state index in [1.165, 1.54) is 0 Å². The van der Waals surface area contributed by atoms with Gasteiger partial charge in [0.2, 0.25) is 5.91 Å². The van der Waals surface area contributed by atoms with E-state index >= 15 is 0 Å². The minimum absolute atomic E-state index is 0.319. The number of nitrogens with one attached hydrogen (secondary N) is 1. The second-order valence-corrected chi connectivity index (χ2v) is 5.14. The maximum absolute atomic E-state index is 11.7. The van der Waals surface area contributed by atoms with Crippen molar-refractivity contribution in [2.75, 3.05) is 36.4 Å². The van der Waals surface area contributed by atoms with Gasteiger partial charge in [-0.1, -0.05) is 6.07 Å². The largest absolute Gasteiger partial charge is 0.370 e. The standard InChI is InChI=1S/C14H20N4O/c1-2-15-12-4-3-5-13(16-12)17-8-9-18-11(10-17)6-7-14(18)19/h3-5,11H,2,6-10H2,1H3,(H,15,16). The summed E-state index contributed by atoms with van der Waals surface area (Å²) >= 11 is 0. The van der Waals surface area contributed by atoms with E-state index in [2.05, 4.69) is 22.1 Å². The Bertz CT molecular complexity index is 476. The SMILES string of the molecule is CCNc1cccc(N2CCN3C(=O)CCC3C2)n1. The number of nitrogens with zero attached hydrogens (tertiary/aromatic N) is 3. The van der Waals surface area contributed by atoms with E-state index in [-0.39, 0.29) is 0 Å². The summed E-state index contributed by atoms with van der Waals surface area (Å²) < 4.78 is 0. The van der Waals surface area contributed by atoms with Crippen molar-refractivity contribution in [3.63, 3.8) is 0 Å². The predicted octanol–water partition coefficient (Wildman–Crippen LogP) is 1.32.